The first-order chi connectivity index (χ1) is 5.31. The summed E-state index contributed by atoms with van der Waals surface area (Å²) in [7, 11) is 1.51. The molecule has 0 spiro atoms. The van der Waals surface area contributed by atoms with Gasteiger partial charge in [0.25, 0.3) is 0 Å². The number of hydrogen-bond acceptors (Lipinski definition) is 3. The van der Waals surface area contributed by atoms with Gasteiger partial charge in [-0.3, -0.25) is 0 Å². The van der Waals surface area contributed by atoms with Crippen molar-refractivity contribution >= 4 is 12.6 Å². The van der Waals surface area contributed by atoms with Crippen molar-refractivity contribution in [2.75, 3.05) is 7.11 Å². The van der Waals surface area contributed by atoms with Crippen molar-refractivity contribution in [2.45, 2.75) is 6.92 Å². The first-order valence-electron chi connectivity index (χ1n) is 3.05. The first kappa shape index (κ1) is 9.46. The molecule has 0 saturated heterocycles. The van der Waals surface area contributed by atoms with Gasteiger partial charge in [-0.15, -0.1) is 0 Å². The van der Waals surface area contributed by atoms with Gasteiger partial charge in [0.1, 0.15) is 12.6 Å². The molecule has 2 N–H and O–H groups in total. The van der Waals surface area contributed by atoms with Crippen LogP contribution in [0.1, 0.15) is 6.92 Å². The van der Waals surface area contributed by atoms with E-state index >= 15 is 0 Å². The zero-order valence-electron chi connectivity index (χ0n) is 6.61. The third kappa shape index (κ3) is 6.34. The zero-order chi connectivity index (χ0) is 8.53. The van der Waals surface area contributed by atoms with Gasteiger partial charge in [0, 0.05) is 6.21 Å². The lowest BCUT2D eigenvalue weighted by Gasteiger charge is -1.83. The van der Waals surface area contributed by atoms with Crippen molar-refractivity contribution in [3.63, 3.8) is 0 Å². The molecule has 0 aliphatic heterocycles. The summed E-state index contributed by atoms with van der Waals surface area (Å²) in [6.07, 6.45) is 4.27. The number of aliphatic imine (C=N–C) groups is 2. The molecule has 11 heavy (non-hydrogen) atoms. The Morgan fingerprint density at radius 3 is 2.91 bits per heavy atom. The third-order valence-corrected chi connectivity index (χ3v) is 0.737. The monoisotopic (exact) mass is 153 g/mol. The quantitative estimate of drug-likeness (QED) is 0.280. The number of methoxy groups -OCH3 is 1. The standard InChI is InChI=1S/C7H11N3O/c1-3-9-6-10-7(8)4-5-11-2/h3,5-6H,8H2,1-2H3/b9-3+,10-6-. The van der Waals surface area contributed by atoms with Crippen LogP contribution in [0.2, 0.25) is 0 Å². The molecule has 0 fully saturated rings. The zero-order valence-corrected chi connectivity index (χ0v) is 6.61. The molecule has 0 aromatic carbocycles. The van der Waals surface area contributed by atoms with Crippen molar-refractivity contribution < 1.29 is 4.74 Å². The van der Waals surface area contributed by atoms with Crippen LogP contribution in [0.4, 0.5) is 0 Å². The van der Waals surface area contributed by atoms with Gasteiger partial charge in [0.05, 0.1) is 7.11 Å². The SMILES string of the molecule is C/C=N/C=N\C(N)=C=COC. The molecule has 0 bridgehead atoms. The fourth-order valence-electron chi connectivity index (χ4n) is 0.319. The Bertz CT molecular complexity index is 212. The van der Waals surface area contributed by atoms with E-state index in [1.165, 1.54) is 19.7 Å². The average molecular weight is 153 g/mol. The molecule has 0 atom stereocenters. The lowest BCUT2D eigenvalue weighted by molar-refractivity contribution is 0.338. The molecular formula is C7H11N3O. The highest BCUT2D eigenvalue weighted by molar-refractivity contribution is 5.70. The highest BCUT2D eigenvalue weighted by atomic mass is 16.5. The van der Waals surface area contributed by atoms with Crippen LogP contribution in [0.15, 0.2) is 27.8 Å². The maximum Gasteiger partial charge on any atom is 0.172 e. The van der Waals surface area contributed by atoms with E-state index in [0.717, 1.165) is 0 Å². The van der Waals surface area contributed by atoms with Crippen LogP contribution >= 0.6 is 0 Å². The molecule has 0 aromatic heterocycles. The van der Waals surface area contributed by atoms with Gasteiger partial charge in [0.2, 0.25) is 0 Å². The third-order valence-electron chi connectivity index (χ3n) is 0.737. The summed E-state index contributed by atoms with van der Waals surface area (Å²) in [6.45, 7) is 1.79. The highest BCUT2D eigenvalue weighted by Gasteiger charge is 1.74. The smallest absolute Gasteiger partial charge is 0.172 e. The van der Waals surface area contributed by atoms with Crippen molar-refractivity contribution in [1.29, 1.82) is 0 Å². The molecule has 60 valence electrons. The van der Waals surface area contributed by atoms with Gasteiger partial charge in [-0.1, -0.05) is 0 Å². The van der Waals surface area contributed by atoms with Crippen LogP contribution in [-0.4, -0.2) is 19.7 Å². The summed E-state index contributed by atoms with van der Waals surface area (Å²) >= 11 is 0. The number of rotatable bonds is 3. The van der Waals surface area contributed by atoms with Crippen LogP contribution in [0.25, 0.3) is 0 Å². The van der Waals surface area contributed by atoms with E-state index < -0.39 is 0 Å². The molecule has 0 rings (SSSR count). The molecule has 0 heterocycles. The van der Waals surface area contributed by atoms with Gasteiger partial charge < -0.3 is 10.5 Å². The van der Waals surface area contributed by atoms with Gasteiger partial charge in [-0.2, -0.15) is 0 Å². The van der Waals surface area contributed by atoms with E-state index in [1.807, 2.05) is 0 Å². The number of hydrogen-bond donors (Lipinski definition) is 1. The molecule has 0 aliphatic rings. The van der Waals surface area contributed by atoms with Crippen molar-refractivity contribution in [1.82, 2.24) is 0 Å². The summed E-state index contributed by atoms with van der Waals surface area (Å²) in [5.41, 5.74) is 7.89. The molecule has 0 aliphatic carbocycles. The second kappa shape index (κ2) is 6.58. The van der Waals surface area contributed by atoms with Gasteiger partial charge in [-0.05, 0) is 12.7 Å². The normalized spacial score (nSPS) is 10.0. The number of nitrogens with zero attached hydrogens (tertiary/aromatic N) is 2. The summed E-state index contributed by atoms with van der Waals surface area (Å²) in [5.74, 6) is 0.234. The van der Waals surface area contributed by atoms with Crippen LogP contribution in [0, 0.1) is 0 Å². The molecule has 0 radical (unpaired) electrons. The van der Waals surface area contributed by atoms with E-state index in [9.17, 15) is 0 Å². The van der Waals surface area contributed by atoms with Crippen LogP contribution in [0.3, 0.4) is 0 Å². The second-order valence-corrected chi connectivity index (χ2v) is 1.53. The Morgan fingerprint density at radius 2 is 2.36 bits per heavy atom. The maximum atomic E-state index is 5.32. The van der Waals surface area contributed by atoms with Crippen molar-refractivity contribution in [3.8, 4) is 0 Å². The summed E-state index contributed by atoms with van der Waals surface area (Å²) < 4.78 is 4.57. The van der Waals surface area contributed by atoms with Gasteiger partial charge >= 0.3 is 0 Å². The lowest BCUT2D eigenvalue weighted by Crippen LogP contribution is -1.90. The Labute approximate surface area is 65.8 Å². The van der Waals surface area contributed by atoms with Crippen molar-refractivity contribution in [2.24, 2.45) is 15.7 Å². The van der Waals surface area contributed by atoms with Gasteiger partial charge in [-0.25, -0.2) is 9.98 Å². The maximum absolute atomic E-state index is 5.32. The largest absolute Gasteiger partial charge is 0.496 e. The predicted octanol–water partition coefficient (Wildman–Crippen LogP) is 0.665. The van der Waals surface area contributed by atoms with E-state index in [1.54, 1.807) is 13.1 Å². The second-order valence-electron chi connectivity index (χ2n) is 1.53. The average Bonchev–Trinajstić information content (AvgIpc) is 2.01. The van der Waals surface area contributed by atoms with Crippen LogP contribution in [-0.2, 0) is 4.74 Å². The summed E-state index contributed by atoms with van der Waals surface area (Å²) in [5, 5.41) is 0. The van der Waals surface area contributed by atoms with E-state index in [-0.39, 0.29) is 5.82 Å². The molecule has 0 amide bonds. The minimum Gasteiger partial charge on any atom is -0.496 e. The van der Waals surface area contributed by atoms with E-state index in [0.29, 0.717) is 0 Å². The van der Waals surface area contributed by atoms with Crippen LogP contribution < -0.4 is 5.73 Å². The van der Waals surface area contributed by atoms with E-state index in [4.69, 9.17) is 5.73 Å². The van der Waals surface area contributed by atoms with E-state index in [2.05, 4.69) is 20.5 Å². The van der Waals surface area contributed by atoms with Crippen LogP contribution in [0.5, 0.6) is 0 Å². The summed E-state index contributed by atoms with van der Waals surface area (Å²) in [6, 6.07) is 0. The topological polar surface area (TPSA) is 60.0 Å². The molecule has 0 unspecified atom stereocenters. The number of nitrogens with two attached hydrogens (primary N) is 1. The minimum atomic E-state index is 0.234. The predicted molar refractivity (Wildman–Crippen MR) is 45.5 cm³/mol. The molecular weight excluding hydrogens is 142 g/mol. The fraction of sp³-hybridized carbons (Fsp3) is 0.286. The fourth-order valence-corrected chi connectivity index (χ4v) is 0.319. The summed E-state index contributed by atoms with van der Waals surface area (Å²) in [4.78, 5) is 7.41. The highest BCUT2D eigenvalue weighted by Crippen LogP contribution is 1.80. The Balaban J connectivity index is 4.05. The lowest BCUT2D eigenvalue weighted by atomic mass is 10.7. The van der Waals surface area contributed by atoms with Crippen molar-refractivity contribution in [3.05, 3.63) is 17.8 Å². The minimum absolute atomic E-state index is 0.234. The molecule has 0 aromatic rings. The number of ether oxygens (including phenoxy) is 1. The Kier molecular flexibility index (Phi) is 5.66. The Hall–Kier alpha value is -1.54. The molecule has 0 saturated carbocycles. The first-order valence-corrected chi connectivity index (χ1v) is 3.05. The van der Waals surface area contributed by atoms with Gasteiger partial charge in [0.15, 0.2) is 5.82 Å². The Morgan fingerprint density at radius 1 is 1.64 bits per heavy atom. The molecule has 4 heteroatoms. The molecule has 4 nitrogen and oxygen atoms in total.